The molecule has 0 aliphatic carbocycles. The third kappa shape index (κ3) is 4.28. The zero-order chi connectivity index (χ0) is 15.2. The van der Waals surface area contributed by atoms with Gasteiger partial charge in [-0.1, -0.05) is 35.3 Å². The molecule has 0 heterocycles. The van der Waals surface area contributed by atoms with Crippen LogP contribution in [0.4, 0.5) is 0 Å². The first-order valence-electron chi connectivity index (χ1n) is 6.11. The largest absolute Gasteiger partial charge is 0.489 e. The molecule has 0 aliphatic heterocycles. The molecule has 0 bridgehead atoms. The van der Waals surface area contributed by atoms with E-state index in [1.165, 1.54) is 6.07 Å². The normalized spacial score (nSPS) is 10.2. The molecule has 0 amide bonds. The first kappa shape index (κ1) is 15.5. The third-order valence-corrected chi connectivity index (χ3v) is 3.14. The standard InChI is InChI=1S/C15H12Cl2O4/c16-10-5-6-14(12(17)9-10)21-8-7-20-13-4-2-1-3-11(13)15(18)19/h1-6,9H,7-8H2,(H,18,19). The molecule has 0 saturated heterocycles. The molecule has 0 saturated carbocycles. The molecule has 0 unspecified atom stereocenters. The van der Waals surface area contributed by atoms with E-state index in [2.05, 4.69) is 0 Å². The van der Waals surface area contributed by atoms with Crippen LogP contribution in [0, 0.1) is 0 Å². The number of carbonyl (C=O) groups is 1. The molecular weight excluding hydrogens is 315 g/mol. The summed E-state index contributed by atoms with van der Waals surface area (Å²) in [6.45, 7) is 0.429. The molecule has 6 heteroatoms. The van der Waals surface area contributed by atoms with E-state index in [9.17, 15) is 4.79 Å². The second-order valence-electron chi connectivity index (χ2n) is 4.07. The predicted molar refractivity (Wildman–Crippen MR) is 80.9 cm³/mol. The van der Waals surface area contributed by atoms with E-state index in [0.717, 1.165) is 0 Å². The van der Waals surface area contributed by atoms with Gasteiger partial charge in [-0.2, -0.15) is 0 Å². The summed E-state index contributed by atoms with van der Waals surface area (Å²) in [5, 5.41) is 9.96. The van der Waals surface area contributed by atoms with Crippen molar-refractivity contribution in [1.82, 2.24) is 0 Å². The van der Waals surface area contributed by atoms with Crippen LogP contribution in [-0.2, 0) is 0 Å². The number of aromatic carboxylic acids is 1. The van der Waals surface area contributed by atoms with Crippen molar-refractivity contribution < 1.29 is 19.4 Å². The van der Waals surface area contributed by atoms with Crippen molar-refractivity contribution in [1.29, 1.82) is 0 Å². The molecule has 2 aromatic rings. The van der Waals surface area contributed by atoms with Crippen molar-refractivity contribution in [2.24, 2.45) is 0 Å². The Morgan fingerprint density at radius 3 is 2.33 bits per heavy atom. The number of para-hydroxylation sites is 1. The Morgan fingerprint density at radius 1 is 1.00 bits per heavy atom. The van der Waals surface area contributed by atoms with Crippen LogP contribution < -0.4 is 9.47 Å². The average Bonchev–Trinajstić information content (AvgIpc) is 2.45. The molecule has 0 aliphatic rings. The first-order valence-corrected chi connectivity index (χ1v) is 6.86. The van der Waals surface area contributed by atoms with E-state index in [1.807, 2.05) is 0 Å². The van der Waals surface area contributed by atoms with Crippen LogP contribution in [0.2, 0.25) is 10.0 Å². The minimum Gasteiger partial charge on any atom is -0.489 e. The lowest BCUT2D eigenvalue weighted by molar-refractivity contribution is 0.0691. The van der Waals surface area contributed by atoms with Crippen molar-refractivity contribution in [3.63, 3.8) is 0 Å². The number of rotatable bonds is 6. The summed E-state index contributed by atoms with van der Waals surface area (Å²) in [7, 11) is 0. The molecule has 0 aromatic heterocycles. The minimum absolute atomic E-state index is 0.113. The topological polar surface area (TPSA) is 55.8 Å². The summed E-state index contributed by atoms with van der Waals surface area (Å²) in [6, 6.07) is 11.3. The summed E-state index contributed by atoms with van der Waals surface area (Å²) in [4.78, 5) is 11.0. The molecule has 0 radical (unpaired) electrons. The van der Waals surface area contributed by atoms with E-state index in [1.54, 1.807) is 36.4 Å². The maximum atomic E-state index is 11.0. The Bertz CT molecular complexity index is 643. The molecule has 0 spiro atoms. The maximum Gasteiger partial charge on any atom is 0.339 e. The number of carboxylic acid groups (broad SMARTS) is 1. The van der Waals surface area contributed by atoms with Gasteiger partial charge >= 0.3 is 5.97 Å². The fraction of sp³-hybridized carbons (Fsp3) is 0.133. The highest BCUT2D eigenvalue weighted by Crippen LogP contribution is 2.27. The average molecular weight is 327 g/mol. The monoisotopic (exact) mass is 326 g/mol. The van der Waals surface area contributed by atoms with E-state index < -0.39 is 5.97 Å². The van der Waals surface area contributed by atoms with Crippen molar-refractivity contribution in [3.8, 4) is 11.5 Å². The summed E-state index contributed by atoms with van der Waals surface area (Å²) in [6.07, 6.45) is 0. The highest BCUT2D eigenvalue weighted by Gasteiger charge is 2.10. The fourth-order valence-corrected chi connectivity index (χ4v) is 2.13. The number of hydrogen-bond acceptors (Lipinski definition) is 3. The van der Waals surface area contributed by atoms with Gasteiger partial charge in [0.1, 0.15) is 30.3 Å². The predicted octanol–water partition coefficient (Wildman–Crippen LogP) is 4.15. The van der Waals surface area contributed by atoms with E-state index >= 15 is 0 Å². The van der Waals surface area contributed by atoms with Crippen LogP contribution in [0.15, 0.2) is 42.5 Å². The van der Waals surface area contributed by atoms with Crippen LogP contribution in [0.3, 0.4) is 0 Å². The van der Waals surface area contributed by atoms with E-state index in [4.69, 9.17) is 37.8 Å². The Labute approximate surface area is 131 Å². The Kier molecular flexibility index (Phi) is 5.31. The summed E-state index contributed by atoms with van der Waals surface area (Å²) in [5.41, 5.74) is 0.113. The Morgan fingerprint density at radius 2 is 1.67 bits per heavy atom. The molecule has 0 atom stereocenters. The van der Waals surface area contributed by atoms with E-state index in [-0.39, 0.29) is 18.8 Å². The zero-order valence-corrected chi connectivity index (χ0v) is 12.4. The van der Waals surface area contributed by atoms with E-state index in [0.29, 0.717) is 21.5 Å². The van der Waals surface area contributed by atoms with Gasteiger partial charge in [0.2, 0.25) is 0 Å². The third-order valence-electron chi connectivity index (χ3n) is 2.61. The number of halogens is 2. The molecule has 21 heavy (non-hydrogen) atoms. The number of benzene rings is 2. The lowest BCUT2D eigenvalue weighted by Gasteiger charge is -2.11. The molecule has 4 nitrogen and oxygen atoms in total. The molecule has 110 valence electrons. The molecule has 1 N–H and O–H groups in total. The summed E-state index contributed by atoms with van der Waals surface area (Å²) < 4.78 is 10.9. The second kappa shape index (κ2) is 7.20. The molecule has 2 rings (SSSR count). The maximum absolute atomic E-state index is 11.0. The van der Waals surface area contributed by atoms with Gasteiger partial charge in [0, 0.05) is 5.02 Å². The summed E-state index contributed by atoms with van der Waals surface area (Å²) >= 11 is 11.7. The lowest BCUT2D eigenvalue weighted by atomic mass is 10.2. The van der Waals surface area contributed by atoms with Crippen molar-refractivity contribution in [2.75, 3.05) is 13.2 Å². The molecule has 2 aromatic carbocycles. The van der Waals surface area contributed by atoms with Gasteiger partial charge in [0.15, 0.2) is 0 Å². The van der Waals surface area contributed by atoms with Gasteiger partial charge in [0.25, 0.3) is 0 Å². The van der Waals surface area contributed by atoms with Crippen LogP contribution in [0.1, 0.15) is 10.4 Å². The van der Waals surface area contributed by atoms with Crippen LogP contribution >= 0.6 is 23.2 Å². The van der Waals surface area contributed by atoms with Crippen molar-refractivity contribution >= 4 is 29.2 Å². The van der Waals surface area contributed by atoms with Gasteiger partial charge in [-0.15, -0.1) is 0 Å². The van der Waals surface area contributed by atoms with Crippen LogP contribution in [-0.4, -0.2) is 24.3 Å². The second-order valence-corrected chi connectivity index (χ2v) is 4.92. The number of ether oxygens (including phenoxy) is 2. The van der Waals surface area contributed by atoms with Gasteiger partial charge in [-0.3, -0.25) is 0 Å². The smallest absolute Gasteiger partial charge is 0.339 e. The molecule has 0 fully saturated rings. The quantitative estimate of drug-likeness (QED) is 0.810. The van der Waals surface area contributed by atoms with Crippen molar-refractivity contribution in [2.45, 2.75) is 0 Å². The lowest BCUT2D eigenvalue weighted by Crippen LogP contribution is -2.11. The highest BCUT2D eigenvalue weighted by molar-refractivity contribution is 6.35. The van der Waals surface area contributed by atoms with Crippen molar-refractivity contribution in [3.05, 3.63) is 58.1 Å². The minimum atomic E-state index is -1.03. The summed E-state index contributed by atoms with van der Waals surface area (Å²) in [5.74, 6) is -0.237. The zero-order valence-electron chi connectivity index (χ0n) is 10.9. The van der Waals surface area contributed by atoms with Gasteiger partial charge in [-0.05, 0) is 30.3 Å². The van der Waals surface area contributed by atoms with Gasteiger partial charge in [-0.25, -0.2) is 4.79 Å². The number of hydrogen-bond donors (Lipinski definition) is 1. The number of carboxylic acids is 1. The highest BCUT2D eigenvalue weighted by atomic mass is 35.5. The van der Waals surface area contributed by atoms with Gasteiger partial charge < -0.3 is 14.6 Å². The fourth-order valence-electron chi connectivity index (χ4n) is 1.66. The molecular formula is C15H12Cl2O4. The Balaban J connectivity index is 1.89. The van der Waals surface area contributed by atoms with Crippen LogP contribution in [0.5, 0.6) is 11.5 Å². The first-order chi connectivity index (χ1) is 10.1. The van der Waals surface area contributed by atoms with Crippen LogP contribution in [0.25, 0.3) is 0 Å². The van der Waals surface area contributed by atoms with Gasteiger partial charge in [0.05, 0.1) is 5.02 Å². The Hall–Kier alpha value is -1.91. The SMILES string of the molecule is O=C(O)c1ccccc1OCCOc1ccc(Cl)cc1Cl.